The van der Waals surface area contributed by atoms with Gasteiger partial charge in [0.1, 0.15) is 0 Å². The van der Waals surface area contributed by atoms with Crippen LogP contribution in [0.25, 0.3) is 0 Å². The molecule has 1 aliphatic heterocycles. The highest BCUT2D eigenvalue weighted by molar-refractivity contribution is 4.94. The lowest BCUT2D eigenvalue weighted by molar-refractivity contribution is -0.330. The van der Waals surface area contributed by atoms with E-state index in [1.807, 2.05) is 0 Å². The van der Waals surface area contributed by atoms with Gasteiger partial charge in [-0.05, 0) is 33.1 Å². The molecular weight excluding hydrogens is 224 g/mol. The fraction of sp³-hybridized carbons (Fsp3) is 0.875. The lowest BCUT2D eigenvalue weighted by Crippen LogP contribution is -2.53. The molecule has 0 aromatic rings. The van der Waals surface area contributed by atoms with Crippen LogP contribution in [0, 0.1) is 11.3 Å². The Morgan fingerprint density at radius 2 is 1.89 bits per heavy atom. The summed E-state index contributed by atoms with van der Waals surface area (Å²) in [7, 11) is 0. The Kier molecular flexibility index (Phi) is 5.02. The van der Waals surface area contributed by atoms with Crippen LogP contribution in [-0.4, -0.2) is 18.5 Å². The molecule has 2 atom stereocenters. The Balaban J connectivity index is 2.66. The lowest BCUT2D eigenvalue weighted by Gasteiger charge is -2.49. The van der Waals surface area contributed by atoms with Crippen molar-refractivity contribution in [2.24, 2.45) is 11.3 Å². The molecule has 1 aliphatic rings. The molecule has 0 unspecified atom stereocenters. The molecular formula is C16H30O2. The first kappa shape index (κ1) is 15.7. The van der Waals surface area contributed by atoms with Crippen molar-refractivity contribution in [1.82, 2.24) is 0 Å². The standard InChI is InChI=1S/C16H30O2/c1-12(2)9-8-10-16(7)17-11-15(5,6)14(18-16)13(3)4/h9,13-14H,8,10-11H2,1-7H3/t14-,16-/m0/s1. The molecule has 1 rings (SSSR count). The van der Waals surface area contributed by atoms with E-state index in [9.17, 15) is 0 Å². The van der Waals surface area contributed by atoms with Crippen molar-refractivity contribution in [3.8, 4) is 0 Å². The van der Waals surface area contributed by atoms with Crippen LogP contribution in [0.1, 0.15) is 61.3 Å². The average molecular weight is 254 g/mol. The van der Waals surface area contributed by atoms with Crippen molar-refractivity contribution >= 4 is 0 Å². The van der Waals surface area contributed by atoms with Crippen molar-refractivity contribution < 1.29 is 9.47 Å². The van der Waals surface area contributed by atoms with Gasteiger partial charge in [0.05, 0.1) is 12.7 Å². The van der Waals surface area contributed by atoms with Crippen LogP contribution in [0.4, 0.5) is 0 Å². The first-order valence-electron chi connectivity index (χ1n) is 7.11. The summed E-state index contributed by atoms with van der Waals surface area (Å²) in [5.74, 6) is 0.0998. The van der Waals surface area contributed by atoms with Gasteiger partial charge in [0.15, 0.2) is 5.79 Å². The highest BCUT2D eigenvalue weighted by Gasteiger charge is 2.44. The molecule has 1 heterocycles. The summed E-state index contributed by atoms with van der Waals surface area (Å²) in [5.41, 5.74) is 1.46. The van der Waals surface area contributed by atoms with Gasteiger partial charge in [-0.1, -0.05) is 39.3 Å². The van der Waals surface area contributed by atoms with E-state index in [4.69, 9.17) is 9.47 Å². The fourth-order valence-electron chi connectivity index (χ4n) is 2.68. The van der Waals surface area contributed by atoms with Gasteiger partial charge in [0.2, 0.25) is 0 Å². The second-order valence-electron chi connectivity index (χ2n) is 7.01. The van der Waals surface area contributed by atoms with Gasteiger partial charge < -0.3 is 9.47 Å². The number of hydrogen-bond donors (Lipinski definition) is 0. The molecule has 2 heteroatoms. The van der Waals surface area contributed by atoms with Crippen LogP contribution >= 0.6 is 0 Å². The van der Waals surface area contributed by atoms with Gasteiger partial charge in [-0.15, -0.1) is 0 Å². The Morgan fingerprint density at radius 1 is 1.28 bits per heavy atom. The molecule has 0 N–H and O–H groups in total. The molecule has 0 saturated carbocycles. The first-order valence-corrected chi connectivity index (χ1v) is 7.11. The number of ether oxygens (including phenoxy) is 2. The molecule has 0 aliphatic carbocycles. The van der Waals surface area contributed by atoms with Crippen molar-refractivity contribution in [2.75, 3.05) is 6.61 Å². The number of rotatable bonds is 4. The second kappa shape index (κ2) is 5.75. The zero-order valence-electron chi connectivity index (χ0n) is 13.2. The lowest BCUT2D eigenvalue weighted by atomic mass is 9.80. The van der Waals surface area contributed by atoms with Gasteiger partial charge in [-0.2, -0.15) is 0 Å². The van der Waals surface area contributed by atoms with Crippen molar-refractivity contribution in [1.29, 1.82) is 0 Å². The molecule has 2 nitrogen and oxygen atoms in total. The molecule has 0 aromatic carbocycles. The second-order valence-corrected chi connectivity index (χ2v) is 7.01. The zero-order chi connectivity index (χ0) is 14.0. The summed E-state index contributed by atoms with van der Waals surface area (Å²) in [6, 6.07) is 0. The molecule has 0 radical (unpaired) electrons. The maximum atomic E-state index is 6.28. The topological polar surface area (TPSA) is 18.5 Å². The molecule has 106 valence electrons. The number of hydrogen-bond acceptors (Lipinski definition) is 2. The minimum Gasteiger partial charge on any atom is -0.350 e. The Hall–Kier alpha value is -0.340. The van der Waals surface area contributed by atoms with Gasteiger partial charge >= 0.3 is 0 Å². The Labute approximate surface area is 113 Å². The van der Waals surface area contributed by atoms with Crippen LogP contribution in [0.15, 0.2) is 11.6 Å². The summed E-state index contributed by atoms with van der Waals surface area (Å²) in [6.07, 6.45) is 4.46. The molecule has 0 aromatic heterocycles. The van der Waals surface area contributed by atoms with E-state index in [0.29, 0.717) is 5.92 Å². The third kappa shape index (κ3) is 4.10. The van der Waals surface area contributed by atoms with Gasteiger partial charge in [-0.3, -0.25) is 0 Å². The zero-order valence-corrected chi connectivity index (χ0v) is 13.2. The van der Waals surface area contributed by atoms with Crippen molar-refractivity contribution in [3.63, 3.8) is 0 Å². The van der Waals surface area contributed by atoms with E-state index in [-0.39, 0.29) is 11.5 Å². The van der Waals surface area contributed by atoms with Gasteiger partial charge in [0, 0.05) is 11.8 Å². The summed E-state index contributed by atoms with van der Waals surface area (Å²) >= 11 is 0. The monoisotopic (exact) mass is 254 g/mol. The molecule has 1 saturated heterocycles. The summed E-state index contributed by atoms with van der Waals surface area (Å²) in [4.78, 5) is 0. The quantitative estimate of drug-likeness (QED) is 0.685. The van der Waals surface area contributed by atoms with Crippen LogP contribution in [0.2, 0.25) is 0 Å². The molecule has 18 heavy (non-hydrogen) atoms. The van der Waals surface area contributed by atoms with E-state index in [2.05, 4.69) is 54.5 Å². The molecule has 0 bridgehead atoms. The third-order valence-corrected chi connectivity index (χ3v) is 3.65. The fourth-order valence-corrected chi connectivity index (χ4v) is 2.68. The molecule has 1 fully saturated rings. The van der Waals surface area contributed by atoms with Crippen LogP contribution < -0.4 is 0 Å². The van der Waals surface area contributed by atoms with E-state index >= 15 is 0 Å². The van der Waals surface area contributed by atoms with E-state index < -0.39 is 5.79 Å². The summed E-state index contributed by atoms with van der Waals surface area (Å²) in [5, 5.41) is 0. The first-order chi connectivity index (χ1) is 8.16. The van der Waals surface area contributed by atoms with Crippen LogP contribution in [-0.2, 0) is 9.47 Å². The smallest absolute Gasteiger partial charge is 0.166 e. The van der Waals surface area contributed by atoms with Crippen molar-refractivity contribution in [2.45, 2.75) is 73.2 Å². The van der Waals surface area contributed by atoms with Crippen LogP contribution in [0.5, 0.6) is 0 Å². The number of allylic oxidation sites excluding steroid dienone is 2. The van der Waals surface area contributed by atoms with Crippen molar-refractivity contribution in [3.05, 3.63) is 11.6 Å². The maximum Gasteiger partial charge on any atom is 0.166 e. The predicted molar refractivity (Wildman–Crippen MR) is 76.5 cm³/mol. The normalized spacial score (nSPS) is 31.4. The Bertz CT molecular complexity index is 300. The van der Waals surface area contributed by atoms with Gasteiger partial charge in [0.25, 0.3) is 0 Å². The minimum absolute atomic E-state index is 0.101. The minimum atomic E-state index is -0.420. The Morgan fingerprint density at radius 3 is 2.39 bits per heavy atom. The van der Waals surface area contributed by atoms with Crippen LogP contribution in [0.3, 0.4) is 0 Å². The maximum absolute atomic E-state index is 6.28. The summed E-state index contributed by atoms with van der Waals surface area (Å²) < 4.78 is 12.3. The van der Waals surface area contributed by atoms with Gasteiger partial charge in [-0.25, -0.2) is 0 Å². The highest BCUT2D eigenvalue weighted by atomic mass is 16.7. The van der Waals surface area contributed by atoms with E-state index in [1.165, 1.54) is 5.57 Å². The van der Waals surface area contributed by atoms with E-state index in [1.54, 1.807) is 0 Å². The molecule has 0 amide bonds. The highest BCUT2D eigenvalue weighted by Crippen LogP contribution is 2.40. The SMILES string of the molecule is CC(C)=CCC[C@@]1(C)OCC(C)(C)[C@H](C(C)C)O1. The largest absolute Gasteiger partial charge is 0.350 e. The molecule has 0 spiro atoms. The predicted octanol–water partition coefficient (Wildman–Crippen LogP) is 4.55. The summed E-state index contributed by atoms with van der Waals surface area (Å²) in [6.45, 7) is 16.0. The third-order valence-electron chi connectivity index (χ3n) is 3.65. The average Bonchev–Trinajstić information content (AvgIpc) is 2.21. The van der Waals surface area contributed by atoms with E-state index in [0.717, 1.165) is 19.4 Å².